The van der Waals surface area contributed by atoms with E-state index in [0.717, 1.165) is 31.0 Å². The molecule has 1 aromatic carbocycles. The van der Waals surface area contributed by atoms with E-state index in [2.05, 4.69) is 0 Å². The van der Waals surface area contributed by atoms with Gasteiger partial charge in [0.25, 0.3) is 0 Å². The van der Waals surface area contributed by atoms with Gasteiger partial charge in [0, 0.05) is 12.3 Å². The zero-order chi connectivity index (χ0) is 12.1. The van der Waals surface area contributed by atoms with Crippen LogP contribution in [-0.4, -0.2) is 5.78 Å². The summed E-state index contributed by atoms with van der Waals surface area (Å²) in [5.74, 6) is -1.09. The van der Waals surface area contributed by atoms with Gasteiger partial charge in [-0.15, -0.1) is 0 Å². The predicted octanol–water partition coefficient (Wildman–Crippen LogP) is 3.51. The first-order valence-corrected chi connectivity index (χ1v) is 5.55. The number of rotatable bonds is 5. The number of carbonyl (C=O) groups excluding carboxylic acids is 1. The summed E-state index contributed by atoms with van der Waals surface area (Å²) in [5.41, 5.74) is 0.150. The normalized spacial score (nSPS) is 10.8. The van der Waals surface area contributed by atoms with Crippen molar-refractivity contribution in [1.82, 2.24) is 0 Å². The highest BCUT2D eigenvalue weighted by Crippen LogP contribution is 2.16. The van der Waals surface area contributed by atoms with Crippen LogP contribution < -0.4 is 0 Å². The molecule has 1 aromatic rings. The van der Waals surface area contributed by atoms with E-state index >= 15 is 0 Å². The van der Waals surface area contributed by atoms with Crippen LogP contribution in [0.15, 0.2) is 18.2 Å². The van der Waals surface area contributed by atoms with Crippen molar-refractivity contribution in [3.63, 3.8) is 0 Å². The van der Waals surface area contributed by atoms with Crippen molar-refractivity contribution >= 4 is 5.78 Å². The molecule has 0 radical (unpaired) electrons. The van der Waals surface area contributed by atoms with Gasteiger partial charge in [0.15, 0.2) is 0 Å². The first kappa shape index (κ1) is 12.8. The average molecular weight is 226 g/mol. The van der Waals surface area contributed by atoms with E-state index in [4.69, 9.17) is 0 Å². The van der Waals surface area contributed by atoms with Crippen LogP contribution in [-0.2, 0) is 11.2 Å². The fourth-order valence-electron chi connectivity index (χ4n) is 1.75. The molecule has 88 valence electrons. The van der Waals surface area contributed by atoms with Crippen molar-refractivity contribution in [2.24, 2.45) is 5.92 Å². The Hall–Kier alpha value is -1.25. The number of hydrogen-bond donors (Lipinski definition) is 0. The molecular formula is C13H16F2O. The molecule has 3 heteroatoms. The van der Waals surface area contributed by atoms with Crippen LogP contribution in [0.3, 0.4) is 0 Å². The third kappa shape index (κ3) is 3.12. The smallest absolute Gasteiger partial charge is 0.140 e. The largest absolute Gasteiger partial charge is 0.299 e. The topological polar surface area (TPSA) is 17.1 Å². The number of benzene rings is 1. The Bertz CT molecular complexity index is 370. The first-order chi connectivity index (χ1) is 7.58. The van der Waals surface area contributed by atoms with Crippen molar-refractivity contribution in [3.8, 4) is 0 Å². The summed E-state index contributed by atoms with van der Waals surface area (Å²) in [7, 11) is 0. The number of ketones is 1. The van der Waals surface area contributed by atoms with Gasteiger partial charge in [0.2, 0.25) is 0 Å². The number of halogens is 2. The highest BCUT2D eigenvalue weighted by Gasteiger charge is 2.16. The third-order valence-corrected chi connectivity index (χ3v) is 2.81. The van der Waals surface area contributed by atoms with Crippen LogP contribution in [0.4, 0.5) is 8.78 Å². The van der Waals surface area contributed by atoms with E-state index in [1.54, 1.807) is 0 Å². The second kappa shape index (κ2) is 5.73. The minimum Gasteiger partial charge on any atom is -0.299 e. The van der Waals surface area contributed by atoms with E-state index in [0.29, 0.717) is 0 Å². The van der Waals surface area contributed by atoms with E-state index < -0.39 is 11.6 Å². The molecule has 0 aliphatic rings. The lowest BCUT2D eigenvalue weighted by Crippen LogP contribution is -2.16. The molecule has 1 nitrogen and oxygen atoms in total. The highest BCUT2D eigenvalue weighted by atomic mass is 19.1. The van der Waals surface area contributed by atoms with Gasteiger partial charge in [0.05, 0.1) is 0 Å². The molecule has 0 saturated carbocycles. The van der Waals surface area contributed by atoms with Crippen LogP contribution in [0.1, 0.15) is 32.3 Å². The molecule has 0 saturated heterocycles. The Morgan fingerprint density at radius 1 is 1.25 bits per heavy atom. The molecule has 0 fully saturated rings. The van der Waals surface area contributed by atoms with Gasteiger partial charge in [-0.2, -0.15) is 0 Å². The molecule has 0 unspecified atom stereocenters. The maximum atomic E-state index is 13.3. The van der Waals surface area contributed by atoms with Gasteiger partial charge in [-0.25, -0.2) is 8.78 Å². The van der Waals surface area contributed by atoms with Crippen LogP contribution in [0, 0.1) is 17.6 Å². The van der Waals surface area contributed by atoms with Gasteiger partial charge in [-0.3, -0.25) is 4.79 Å². The molecule has 16 heavy (non-hydrogen) atoms. The van der Waals surface area contributed by atoms with Crippen LogP contribution >= 0.6 is 0 Å². The fourth-order valence-corrected chi connectivity index (χ4v) is 1.75. The minimum absolute atomic E-state index is 0.0179. The third-order valence-electron chi connectivity index (χ3n) is 2.81. The highest BCUT2D eigenvalue weighted by molar-refractivity contribution is 5.83. The second-order valence-corrected chi connectivity index (χ2v) is 3.89. The zero-order valence-electron chi connectivity index (χ0n) is 9.59. The van der Waals surface area contributed by atoms with Crippen molar-refractivity contribution in [2.45, 2.75) is 33.1 Å². The zero-order valence-corrected chi connectivity index (χ0v) is 9.59. The molecule has 0 spiro atoms. The number of Topliss-reactive ketones (excluding diaryl/α,β-unsaturated/α-hetero) is 1. The Balaban J connectivity index is 2.80. The summed E-state index contributed by atoms with van der Waals surface area (Å²) >= 11 is 0. The Labute approximate surface area is 94.5 Å². The molecular weight excluding hydrogens is 210 g/mol. The van der Waals surface area contributed by atoms with Crippen LogP contribution in [0.2, 0.25) is 0 Å². The van der Waals surface area contributed by atoms with Gasteiger partial charge in [-0.1, -0.05) is 13.8 Å². The van der Waals surface area contributed by atoms with Crippen molar-refractivity contribution < 1.29 is 13.6 Å². The summed E-state index contributed by atoms with van der Waals surface area (Å²) in [6.45, 7) is 3.85. The SMILES string of the molecule is CCC(CC)C(=O)Cc1cc(F)ccc1F. The van der Waals surface area contributed by atoms with Crippen LogP contribution in [0.5, 0.6) is 0 Å². The maximum absolute atomic E-state index is 13.3. The minimum atomic E-state index is -0.513. The average Bonchev–Trinajstić information content (AvgIpc) is 2.25. The van der Waals surface area contributed by atoms with Crippen molar-refractivity contribution in [2.75, 3.05) is 0 Å². The van der Waals surface area contributed by atoms with Gasteiger partial charge < -0.3 is 0 Å². The summed E-state index contributed by atoms with van der Waals surface area (Å²) in [6, 6.07) is 3.21. The molecule has 0 aliphatic heterocycles. The second-order valence-electron chi connectivity index (χ2n) is 3.89. The van der Waals surface area contributed by atoms with E-state index in [-0.39, 0.29) is 23.7 Å². The summed E-state index contributed by atoms with van der Waals surface area (Å²) in [4.78, 5) is 11.7. The lowest BCUT2D eigenvalue weighted by molar-refractivity contribution is -0.122. The van der Waals surface area contributed by atoms with E-state index in [9.17, 15) is 13.6 Å². The van der Waals surface area contributed by atoms with Crippen LogP contribution in [0.25, 0.3) is 0 Å². The summed E-state index contributed by atoms with van der Waals surface area (Å²) in [5, 5.41) is 0. The molecule has 0 N–H and O–H groups in total. The Morgan fingerprint density at radius 2 is 1.88 bits per heavy atom. The van der Waals surface area contributed by atoms with Gasteiger partial charge in [0.1, 0.15) is 17.4 Å². The van der Waals surface area contributed by atoms with E-state index in [1.807, 2.05) is 13.8 Å². The molecule has 0 heterocycles. The van der Waals surface area contributed by atoms with Crippen molar-refractivity contribution in [1.29, 1.82) is 0 Å². The van der Waals surface area contributed by atoms with Crippen molar-refractivity contribution in [3.05, 3.63) is 35.4 Å². The molecule has 0 bridgehead atoms. The monoisotopic (exact) mass is 226 g/mol. The Morgan fingerprint density at radius 3 is 2.44 bits per heavy atom. The molecule has 0 atom stereocenters. The lowest BCUT2D eigenvalue weighted by atomic mass is 9.93. The fraction of sp³-hybridized carbons (Fsp3) is 0.462. The molecule has 0 aliphatic carbocycles. The molecule has 0 amide bonds. The lowest BCUT2D eigenvalue weighted by Gasteiger charge is -2.11. The summed E-state index contributed by atoms with van der Waals surface area (Å²) in [6.07, 6.45) is 1.47. The van der Waals surface area contributed by atoms with E-state index in [1.165, 1.54) is 0 Å². The maximum Gasteiger partial charge on any atom is 0.140 e. The Kier molecular flexibility index (Phi) is 4.59. The number of hydrogen-bond acceptors (Lipinski definition) is 1. The first-order valence-electron chi connectivity index (χ1n) is 5.55. The van der Waals surface area contributed by atoms with Gasteiger partial charge >= 0.3 is 0 Å². The standard InChI is InChI=1S/C13H16F2O/c1-3-9(4-2)13(16)8-10-7-11(14)5-6-12(10)15/h5-7,9H,3-4,8H2,1-2H3. The molecule has 1 rings (SSSR count). The quantitative estimate of drug-likeness (QED) is 0.750. The van der Waals surface area contributed by atoms with Gasteiger partial charge in [-0.05, 0) is 36.6 Å². The summed E-state index contributed by atoms with van der Waals surface area (Å²) < 4.78 is 26.2. The number of carbonyl (C=O) groups is 1. The molecule has 0 aromatic heterocycles. The predicted molar refractivity (Wildman–Crippen MR) is 59.1 cm³/mol.